The summed E-state index contributed by atoms with van der Waals surface area (Å²) >= 11 is 0. The van der Waals surface area contributed by atoms with Gasteiger partial charge in [-0.15, -0.1) is 6.42 Å². The summed E-state index contributed by atoms with van der Waals surface area (Å²) in [6.07, 6.45) is 13.1. The molecule has 0 radical (unpaired) electrons. The number of piperidine rings is 1. The highest BCUT2D eigenvalue weighted by molar-refractivity contribution is 6.24. The van der Waals surface area contributed by atoms with Gasteiger partial charge in [0.05, 0.1) is 27.6 Å². The molecule has 6 aliphatic rings. The zero-order chi connectivity index (χ0) is 53.0. The lowest BCUT2D eigenvalue weighted by molar-refractivity contribution is -0.136. The van der Waals surface area contributed by atoms with E-state index in [0.717, 1.165) is 36.2 Å². The van der Waals surface area contributed by atoms with Gasteiger partial charge in [0.2, 0.25) is 17.7 Å². The number of terminal acetylenes is 1. The maximum atomic E-state index is 17.2. The van der Waals surface area contributed by atoms with Crippen molar-refractivity contribution in [1.29, 1.82) is 0 Å². The first-order valence-electron chi connectivity index (χ1n) is 25.8. The number of hydrogen-bond acceptors (Lipinski definition) is 14. The van der Waals surface area contributed by atoms with Crippen molar-refractivity contribution in [3.63, 3.8) is 0 Å². The Hall–Kier alpha value is -7.89. The number of nitrogens with zero attached hydrogens (tertiary/aromatic N) is 7. The smallest absolute Gasteiger partial charge is 0.409 e. The van der Waals surface area contributed by atoms with Crippen LogP contribution >= 0.6 is 0 Å². The van der Waals surface area contributed by atoms with Crippen LogP contribution in [0.4, 0.5) is 25.1 Å². The van der Waals surface area contributed by atoms with E-state index in [1.807, 2.05) is 0 Å². The molecule has 8 heterocycles. The van der Waals surface area contributed by atoms with Crippen molar-refractivity contribution in [1.82, 2.24) is 40.3 Å². The van der Waals surface area contributed by atoms with Crippen molar-refractivity contribution in [2.45, 2.75) is 100 Å². The number of anilines is 2. The molecule has 18 nitrogen and oxygen atoms in total. The Morgan fingerprint density at radius 2 is 1.78 bits per heavy atom. The van der Waals surface area contributed by atoms with Gasteiger partial charge in [0.1, 0.15) is 42.1 Å². The number of rotatable bonds is 15. The van der Waals surface area contributed by atoms with Gasteiger partial charge in [0.25, 0.3) is 11.8 Å². The molecule has 5 fully saturated rings. The number of pyridine rings is 1. The van der Waals surface area contributed by atoms with Crippen LogP contribution in [-0.2, 0) is 19.1 Å². The number of imide groups is 2. The Labute approximate surface area is 436 Å². The molecule has 20 heteroatoms. The van der Waals surface area contributed by atoms with Crippen molar-refractivity contribution in [2.24, 2.45) is 0 Å². The summed E-state index contributed by atoms with van der Waals surface area (Å²) in [6, 6.07) is 11.8. The van der Waals surface area contributed by atoms with Crippen molar-refractivity contribution < 1.29 is 47.0 Å². The Kier molecular flexibility index (Phi) is 13.4. The number of carbonyl (C=O) groups excluding carboxylic acids is 6. The molecular formula is C56H56F2N10O8. The predicted molar refractivity (Wildman–Crippen MR) is 276 cm³/mol. The number of halogens is 2. The molecule has 11 rings (SSSR count). The van der Waals surface area contributed by atoms with Crippen LogP contribution in [-0.4, -0.2) is 141 Å². The first kappa shape index (κ1) is 50.3. The quantitative estimate of drug-likeness (QED) is 0.0458. The normalized spacial score (nSPS) is 23.0. The largest absolute Gasteiger partial charge is 0.461 e. The first-order chi connectivity index (χ1) is 36.7. The average Bonchev–Trinajstić information content (AvgIpc) is 4.13. The van der Waals surface area contributed by atoms with E-state index in [9.17, 15) is 28.8 Å². The molecule has 392 valence electrons. The molecule has 6 amide bonds. The molecule has 6 aliphatic heterocycles. The van der Waals surface area contributed by atoms with Crippen molar-refractivity contribution >= 4 is 68.8 Å². The molecule has 0 saturated carbocycles. The minimum Gasteiger partial charge on any atom is -0.461 e. The lowest BCUT2D eigenvalue weighted by Crippen LogP contribution is -2.54. The fourth-order valence-corrected chi connectivity index (χ4v) is 12.1. The van der Waals surface area contributed by atoms with Crippen LogP contribution in [0.2, 0.25) is 0 Å². The minimum atomic E-state index is -1.09. The summed E-state index contributed by atoms with van der Waals surface area (Å²) < 4.78 is 44.7. The lowest BCUT2D eigenvalue weighted by atomic mass is 9.94. The van der Waals surface area contributed by atoms with E-state index in [1.54, 1.807) is 37.5 Å². The van der Waals surface area contributed by atoms with Crippen LogP contribution in [0, 0.1) is 24.0 Å². The van der Waals surface area contributed by atoms with Gasteiger partial charge in [-0.25, -0.2) is 13.6 Å². The summed E-state index contributed by atoms with van der Waals surface area (Å²) in [7, 11) is 1.67. The third-order valence-electron chi connectivity index (χ3n) is 15.8. The number of carbonyl (C=O) groups is 6. The fourth-order valence-electron chi connectivity index (χ4n) is 12.1. The van der Waals surface area contributed by atoms with E-state index < -0.39 is 52.9 Å². The highest BCUT2D eigenvalue weighted by Crippen LogP contribution is 2.45. The number of ether oxygens (including phenoxy) is 2. The summed E-state index contributed by atoms with van der Waals surface area (Å²) in [4.78, 5) is 97.5. The van der Waals surface area contributed by atoms with Gasteiger partial charge in [-0.2, -0.15) is 9.97 Å². The Morgan fingerprint density at radius 1 is 0.974 bits per heavy atom. The van der Waals surface area contributed by atoms with Crippen molar-refractivity contribution in [3.8, 4) is 29.6 Å². The van der Waals surface area contributed by atoms with Crippen molar-refractivity contribution in [2.75, 3.05) is 56.7 Å². The van der Waals surface area contributed by atoms with Crippen LogP contribution in [0.1, 0.15) is 96.9 Å². The van der Waals surface area contributed by atoms with Crippen LogP contribution in [0.5, 0.6) is 6.01 Å². The van der Waals surface area contributed by atoms with Crippen molar-refractivity contribution in [3.05, 3.63) is 95.2 Å². The zero-order valence-corrected chi connectivity index (χ0v) is 42.0. The van der Waals surface area contributed by atoms with Gasteiger partial charge >= 0.3 is 12.1 Å². The molecule has 5 aromatic rings. The second-order valence-corrected chi connectivity index (χ2v) is 20.9. The predicted octanol–water partition coefficient (Wildman–Crippen LogP) is 6.26. The highest BCUT2D eigenvalue weighted by Gasteiger charge is 2.52. The molecule has 5 saturated heterocycles. The Balaban J connectivity index is 0.697. The molecule has 2 bridgehead atoms. The maximum absolute atomic E-state index is 17.2. The molecule has 0 spiro atoms. The Morgan fingerprint density at radius 3 is 2.57 bits per heavy atom. The third kappa shape index (κ3) is 9.35. The number of amides is 6. The SMILES string of the molecule is C#Cc1c(F)ccc2cccc(-c3ncc4c(N5CC6CCC(C5)N6)nc(OCC56CCC(COC(=O)N(C)CCCCCC(=O)Nc7ccc8c(c7)C(=O)N(C7CCC(=O)NC7=O)C8=O)N5CC(=C)C6)nc4c3F)c12. The number of piperazine rings is 1. The van der Waals surface area contributed by atoms with Gasteiger partial charge in [-0.1, -0.05) is 48.8 Å². The van der Waals surface area contributed by atoms with E-state index in [2.05, 4.69) is 43.2 Å². The number of aromatic nitrogens is 3. The van der Waals surface area contributed by atoms with Crippen LogP contribution in [0.3, 0.4) is 0 Å². The van der Waals surface area contributed by atoms with Gasteiger partial charge in [0, 0.05) is 87.0 Å². The van der Waals surface area contributed by atoms with Gasteiger partial charge in [0.15, 0.2) is 5.82 Å². The zero-order valence-electron chi connectivity index (χ0n) is 42.0. The summed E-state index contributed by atoms with van der Waals surface area (Å²) in [5.41, 5.74) is 1.41. The van der Waals surface area contributed by atoms with Crippen LogP contribution in [0.15, 0.2) is 66.9 Å². The fraction of sp³-hybridized carbons (Fsp3) is 0.411. The van der Waals surface area contributed by atoms with Crippen LogP contribution in [0.25, 0.3) is 32.9 Å². The third-order valence-corrected chi connectivity index (χ3v) is 15.8. The number of fused-ring (bicyclic) bond motifs is 6. The lowest BCUT2D eigenvalue weighted by Gasteiger charge is -2.35. The van der Waals surface area contributed by atoms with E-state index in [4.69, 9.17) is 25.9 Å². The topological polar surface area (TPSA) is 209 Å². The van der Waals surface area contributed by atoms with Gasteiger partial charge in [-0.3, -0.25) is 44.1 Å². The molecule has 2 aromatic heterocycles. The van der Waals surface area contributed by atoms with E-state index in [0.29, 0.717) is 85.1 Å². The van der Waals surface area contributed by atoms with Gasteiger partial charge in [-0.05, 0) is 81.0 Å². The minimum absolute atomic E-state index is 0.0115. The maximum Gasteiger partial charge on any atom is 0.409 e. The molecule has 0 aliphatic carbocycles. The molecular weight excluding hydrogens is 979 g/mol. The van der Waals surface area contributed by atoms with Gasteiger partial charge < -0.3 is 29.9 Å². The number of benzene rings is 3. The molecule has 5 atom stereocenters. The second-order valence-electron chi connectivity index (χ2n) is 20.9. The van der Waals surface area contributed by atoms with E-state index in [1.165, 1.54) is 29.2 Å². The highest BCUT2D eigenvalue weighted by atomic mass is 19.1. The monoisotopic (exact) mass is 1030 g/mol. The molecule has 3 N–H and O–H groups in total. The first-order valence-corrected chi connectivity index (χ1v) is 25.8. The van der Waals surface area contributed by atoms with E-state index in [-0.39, 0.29) is 90.4 Å². The average molecular weight is 1040 g/mol. The summed E-state index contributed by atoms with van der Waals surface area (Å²) in [5.74, 6) is -1.06. The Bertz CT molecular complexity index is 3320. The second kappa shape index (κ2) is 20.3. The molecule has 3 aromatic carbocycles. The van der Waals surface area contributed by atoms with Crippen LogP contribution < -0.4 is 25.6 Å². The molecule has 76 heavy (non-hydrogen) atoms. The van der Waals surface area contributed by atoms with E-state index >= 15 is 8.78 Å². The standard InChI is InChI=1S/C56H56F2N10O8/c1-4-37-42(57)17-12-32-9-8-10-39(46(32)37)48-47(58)49-41(25-59-48)50(66-27-34-13-14-35(28-66)60-34)64-54(63-49)76-30-56-21-20-36(67(56)26-31(2)24-56)29-75-55(74)65(3)22-7-5-6-11-44(69)61-33-15-16-38-40(23-33)53(73)68(52(38)72)43-18-19-45(70)62-51(43)71/h1,8-10,12,15-17,23,25,34-36,43,60H,2,5-7,11,13-14,18-22,24,26-30H2,3H3,(H,61,69)(H,62,70,71). The summed E-state index contributed by atoms with van der Waals surface area (Å²) in [6.45, 7) is 6.98. The summed E-state index contributed by atoms with van der Waals surface area (Å²) in [5, 5.41) is 10.0. The number of unbranched alkanes of at least 4 members (excludes halogenated alkanes) is 2. The molecule has 5 unspecified atom stereocenters. The number of hydrogen-bond donors (Lipinski definition) is 3. The number of nitrogens with one attached hydrogen (secondary N) is 3.